The van der Waals surface area contributed by atoms with Gasteiger partial charge in [-0.05, 0) is 36.2 Å². The summed E-state index contributed by atoms with van der Waals surface area (Å²) in [4.78, 5) is 16.2. The van der Waals surface area contributed by atoms with Gasteiger partial charge in [0.05, 0.1) is 17.6 Å². The number of aromatic nitrogens is 2. The zero-order chi connectivity index (χ0) is 18.6. The summed E-state index contributed by atoms with van der Waals surface area (Å²) >= 11 is 1.30. The van der Waals surface area contributed by atoms with E-state index in [0.717, 1.165) is 34.6 Å². The van der Waals surface area contributed by atoms with E-state index in [-0.39, 0.29) is 17.2 Å². The van der Waals surface area contributed by atoms with Crippen LogP contribution in [0.5, 0.6) is 5.75 Å². The number of amides is 1. The van der Waals surface area contributed by atoms with Crippen molar-refractivity contribution in [2.45, 2.75) is 18.3 Å². The number of carbonyl (C=O) groups is 1. The van der Waals surface area contributed by atoms with Crippen LogP contribution < -0.4 is 10.1 Å². The lowest BCUT2D eigenvalue weighted by atomic mass is 10.1. The Kier molecular flexibility index (Phi) is 5.31. The topological polar surface area (TPSA) is 65.4 Å². The van der Waals surface area contributed by atoms with Crippen molar-refractivity contribution in [1.82, 2.24) is 14.9 Å². The highest BCUT2D eigenvalue weighted by molar-refractivity contribution is 8.14. The van der Waals surface area contributed by atoms with Crippen molar-refractivity contribution in [2.24, 2.45) is 7.05 Å². The van der Waals surface area contributed by atoms with Crippen molar-refractivity contribution in [1.29, 1.82) is 0 Å². The van der Waals surface area contributed by atoms with Crippen LogP contribution in [-0.2, 0) is 24.8 Å². The molecule has 1 saturated heterocycles. The van der Waals surface area contributed by atoms with E-state index in [9.17, 15) is 4.79 Å². The number of benzene rings is 2. The van der Waals surface area contributed by atoms with Gasteiger partial charge in [-0.15, -0.1) is 0 Å². The van der Waals surface area contributed by atoms with E-state index < -0.39 is 0 Å². The smallest absolute Gasteiger partial charge is 0.281 e. The molecule has 1 atom stereocenters. The predicted molar refractivity (Wildman–Crippen MR) is 106 cm³/mol. The Morgan fingerprint density at radius 3 is 2.89 bits per heavy atom. The van der Waals surface area contributed by atoms with E-state index in [0.29, 0.717) is 13.2 Å². The molecule has 1 aromatic heterocycles. The number of nitrogens with one attached hydrogen (secondary N) is 1. The van der Waals surface area contributed by atoms with Crippen molar-refractivity contribution in [3.05, 3.63) is 59.9 Å². The summed E-state index contributed by atoms with van der Waals surface area (Å²) in [6.45, 7) is 1.27. The van der Waals surface area contributed by atoms with Crippen LogP contribution in [0.15, 0.2) is 48.5 Å². The minimum absolute atomic E-state index is 0.0279. The maximum absolute atomic E-state index is 11.6. The average molecular weight is 383 g/mol. The van der Waals surface area contributed by atoms with Gasteiger partial charge in [0, 0.05) is 12.3 Å². The molecule has 1 aliphatic rings. The molecule has 3 aromatic rings. The zero-order valence-corrected chi connectivity index (χ0v) is 15.9. The van der Waals surface area contributed by atoms with Crippen LogP contribution in [0.2, 0.25) is 0 Å². The van der Waals surface area contributed by atoms with Crippen LogP contribution >= 0.6 is 11.8 Å². The number of hydrogen-bond donors (Lipinski definition) is 1. The summed E-state index contributed by atoms with van der Waals surface area (Å²) in [5.74, 6) is 1.69. The molecule has 140 valence electrons. The Hall–Kier alpha value is -2.51. The van der Waals surface area contributed by atoms with Gasteiger partial charge < -0.3 is 19.4 Å². The summed E-state index contributed by atoms with van der Waals surface area (Å²) in [6, 6.07) is 16.0. The first-order chi connectivity index (χ1) is 13.2. The van der Waals surface area contributed by atoms with E-state index >= 15 is 0 Å². The number of para-hydroxylation sites is 2. The maximum Gasteiger partial charge on any atom is 0.281 e. The molecular formula is C20H21N3O3S. The molecular weight excluding hydrogens is 362 g/mol. The number of thioether (sulfide) groups is 1. The number of nitrogens with zero attached hydrogens (tertiary/aromatic N) is 2. The first-order valence-electron chi connectivity index (χ1n) is 8.83. The lowest BCUT2D eigenvalue weighted by Crippen LogP contribution is -2.18. The Morgan fingerprint density at radius 1 is 1.26 bits per heavy atom. The lowest BCUT2D eigenvalue weighted by molar-refractivity contribution is 0.128. The van der Waals surface area contributed by atoms with Crippen LogP contribution in [0.3, 0.4) is 0 Å². The standard InChI is InChI=1S/C20H21N3O3S/c1-23-18-5-3-2-4-17(18)22-19(23)12-26-15-8-6-14(7-9-15)10-16-11-25-13-21-20(24)27-16/h2-9,16H,10-13H2,1H3,(H,21,24). The van der Waals surface area contributed by atoms with Crippen molar-refractivity contribution < 1.29 is 14.3 Å². The van der Waals surface area contributed by atoms with Crippen molar-refractivity contribution in [2.75, 3.05) is 13.3 Å². The molecule has 1 fully saturated rings. The largest absolute Gasteiger partial charge is 0.486 e. The molecule has 0 saturated carbocycles. The highest BCUT2D eigenvalue weighted by atomic mass is 32.2. The van der Waals surface area contributed by atoms with E-state index in [1.54, 1.807) is 0 Å². The van der Waals surface area contributed by atoms with Crippen molar-refractivity contribution in [3.8, 4) is 5.75 Å². The molecule has 0 aliphatic carbocycles. The Labute approximate surface area is 161 Å². The highest BCUT2D eigenvalue weighted by Gasteiger charge is 2.19. The predicted octanol–water partition coefficient (Wildman–Crippen LogP) is 3.49. The molecule has 27 heavy (non-hydrogen) atoms. The summed E-state index contributed by atoms with van der Waals surface area (Å²) in [5.41, 5.74) is 3.22. The van der Waals surface area contributed by atoms with Crippen molar-refractivity contribution in [3.63, 3.8) is 0 Å². The molecule has 0 radical (unpaired) electrons. The molecule has 1 aliphatic heterocycles. The number of carbonyl (C=O) groups excluding carboxylic acids is 1. The summed E-state index contributed by atoms with van der Waals surface area (Å²) < 4.78 is 13.4. The van der Waals surface area contributed by atoms with Crippen LogP contribution in [-0.4, -0.2) is 33.4 Å². The second kappa shape index (κ2) is 8.02. The van der Waals surface area contributed by atoms with Crippen LogP contribution in [0.4, 0.5) is 4.79 Å². The van der Waals surface area contributed by atoms with Gasteiger partial charge in [-0.3, -0.25) is 4.79 Å². The quantitative estimate of drug-likeness (QED) is 0.731. The van der Waals surface area contributed by atoms with Gasteiger partial charge >= 0.3 is 0 Å². The third-order valence-electron chi connectivity index (χ3n) is 4.53. The molecule has 7 heteroatoms. The fourth-order valence-corrected chi connectivity index (χ4v) is 3.97. The normalized spacial score (nSPS) is 17.5. The highest BCUT2D eigenvalue weighted by Crippen LogP contribution is 2.22. The maximum atomic E-state index is 11.6. The fraction of sp³-hybridized carbons (Fsp3) is 0.300. The second-order valence-corrected chi connectivity index (χ2v) is 7.70. The number of ether oxygens (including phenoxy) is 2. The van der Waals surface area contributed by atoms with Crippen LogP contribution in [0.1, 0.15) is 11.4 Å². The number of imidazole rings is 1. The lowest BCUT2D eigenvalue weighted by Gasteiger charge is -2.12. The van der Waals surface area contributed by atoms with E-state index in [1.165, 1.54) is 11.8 Å². The summed E-state index contributed by atoms with van der Waals surface area (Å²) in [5, 5.41) is 2.79. The number of hydrogen-bond acceptors (Lipinski definition) is 5. The third kappa shape index (κ3) is 4.26. The minimum Gasteiger partial charge on any atom is -0.486 e. The van der Waals surface area contributed by atoms with Gasteiger partial charge in [0.25, 0.3) is 5.24 Å². The summed E-state index contributed by atoms with van der Waals surface area (Å²) in [7, 11) is 2.00. The van der Waals surface area contributed by atoms with Gasteiger partial charge in [0.1, 0.15) is 24.9 Å². The van der Waals surface area contributed by atoms with Gasteiger partial charge in [0.2, 0.25) is 0 Å². The van der Waals surface area contributed by atoms with Crippen LogP contribution in [0.25, 0.3) is 11.0 Å². The van der Waals surface area contributed by atoms with Crippen molar-refractivity contribution >= 4 is 28.0 Å². The van der Waals surface area contributed by atoms with E-state index in [2.05, 4.69) is 20.9 Å². The van der Waals surface area contributed by atoms with Gasteiger partial charge in [-0.25, -0.2) is 4.98 Å². The van der Waals surface area contributed by atoms with E-state index in [4.69, 9.17) is 9.47 Å². The van der Waals surface area contributed by atoms with Crippen LogP contribution in [0, 0.1) is 0 Å². The monoisotopic (exact) mass is 383 g/mol. The molecule has 1 N–H and O–H groups in total. The SMILES string of the molecule is Cn1c(COc2ccc(CC3COCNC(=O)S3)cc2)nc2ccccc21. The number of aryl methyl sites for hydroxylation is 1. The molecule has 2 aromatic carbocycles. The Balaban J connectivity index is 1.37. The molecule has 2 heterocycles. The molecule has 1 unspecified atom stereocenters. The first-order valence-corrected chi connectivity index (χ1v) is 9.71. The Bertz CT molecular complexity index is 939. The molecule has 6 nitrogen and oxygen atoms in total. The fourth-order valence-electron chi connectivity index (χ4n) is 3.09. The average Bonchev–Trinajstić information content (AvgIpc) is 2.85. The van der Waals surface area contributed by atoms with E-state index in [1.807, 2.05) is 49.5 Å². The molecule has 0 bridgehead atoms. The zero-order valence-electron chi connectivity index (χ0n) is 15.1. The number of fused-ring (bicyclic) bond motifs is 1. The second-order valence-electron chi connectivity index (χ2n) is 6.43. The number of rotatable bonds is 5. The summed E-state index contributed by atoms with van der Waals surface area (Å²) in [6.07, 6.45) is 0.781. The van der Waals surface area contributed by atoms with Gasteiger partial charge in [-0.1, -0.05) is 36.0 Å². The minimum atomic E-state index is -0.0279. The third-order valence-corrected chi connectivity index (χ3v) is 5.52. The first kappa shape index (κ1) is 17.9. The molecule has 0 spiro atoms. The van der Waals surface area contributed by atoms with Gasteiger partial charge in [-0.2, -0.15) is 0 Å². The van der Waals surface area contributed by atoms with Gasteiger partial charge in [0.15, 0.2) is 0 Å². The molecule has 1 amide bonds. The molecule has 4 rings (SSSR count). The Morgan fingerprint density at radius 2 is 2.07 bits per heavy atom.